The molecule has 3 aliphatic rings. The number of hydrogen-bond donors (Lipinski definition) is 2. The zero-order chi connectivity index (χ0) is 33.7. The van der Waals surface area contributed by atoms with Crippen LogP contribution in [-0.2, 0) is 0 Å². The molecule has 2 fully saturated rings. The SMILES string of the molecule is Cc1c(C(=O)N[C@H](c2cccc(F)c2)C2CCC2)c2c(c(=O)n1-c1ccccc1)C(F)CC=C2[C@H](c1cccc(F)c1C(N)=O)C1CC1. The van der Waals surface area contributed by atoms with Gasteiger partial charge in [-0.3, -0.25) is 19.0 Å². The molecule has 0 bridgehead atoms. The fourth-order valence-corrected chi connectivity index (χ4v) is 7.62. The summed E-state index contributed by atoms with van der Waals surface area (Å²) in [5.74, 6) is -3.23. The van der Waals surface area contributed by atoms with Gasteiger partial charge in [-0.05, 0) is 91.5 Å². The van der Waals surface area contributed by atoms with Crippen LogP contribution in [0.15, 0.2) is 83.7 Å². The van der Waals surface area contributed by atoms with Gasteiger partial charge in [0.1, 0.15) is 17.8 Å². The number of hydrogen-bond acceptors (Lipinski definition) is 3. The number of nitrogens with two attached hydrogens (primary N) is 1. The summed E-state index contributed by atoms with van der Waals surface area (Å²) >= 11 is 0. The van der Waals surface area contributed by atoms with E-state index >= 15 is 8.78 Å². The van der Waals surface area contributed by atoms with Crippen LogP contribution in [-0.4, -0.2) is 16.4 Å². The molecular formula is C39H36F3N3O3. The molecule has 0 spiro atoms. The summed E-state index contributed by atoms with van der Waals surface area (Å²) in [5, 5.41) is 3.16. The number of alkyl halides is 1. The molecule has 3 aromatic carbocycles. The maximum absolute atomic E-state index is 16.2. The first-order valence-electron chi connectivity index (χ1n) is 16.5. The molecule has 48 heavy (non-hydrogen) atoms. The highest BCUT2D eigenvalue weighted by molar-refractivity contribution is 6.03. The first-order chi connectivity index (χ1) is 23.2. The number of aromatic nitrogens is 1. The van der Waals surface area contributed by atoms with Gasteiger partial charge < -0.3 is 11.1 Å². The van der Waals surface area contributed by atoms with Crippen LogP contribution in [0.4, 0.5) is 13.2 Å². The zero-order valence-corrected chi connectivity index (χ0v) is 26.5. The number of primary amides is 1. The Hall–Kier alpha value is -4.92. The second-order valence-corrected chi connectivity index (χ2v) is 13.2. The van der Waals surface area contributed by atoms with E-state index in [0.717, 1.165) is 32.1 Å². The monoisotopic (exact) mass is 651 g/mol. The molecule has 1 heterocycles. The number of allylic oxidation sites excluding steroid dienone is 2. The fourth-order valence-electron chi connectivity index (χ4n) is 7.62. The number of carbonyl (C=O) groups excluding carboxylic acids is 2. The number of carbonyl (C=O) groups is 2. The summed E-state index contributed by atoms with van der Waals surface area (Å²) in [5.41, 5.74) is 7.24. The Morgan fingerprint density at radius 1 is 0.917 bits per heavy atom. The first kappa shape index (κ1) is 31.7. The predicted molar refractivity (Wildman–Crippen MR) is 178 cm³/mol. The van der Waals surface area contributed by atoms with Crippen LogP contribution in [0.2, 0.25) is 0 Å². The smallest absolute Gasteiger partial charge is 0.262 e. The minimum atomic E-state index is -1.72. The van der Waals surface area contributed by atoms with Gasteiger partial charge in [0.15, 0.2) is 0 Å². The molecule has 9 heteroatoms. The molecule has 0 saturated heterocycles. The van der Waals surface area contributed by atoms with Crippen molar-refractivity contribution in [2.24, 2.45) is 17.6 Å². The van der Waals surface area contributed by atoms with Crippen molar-refractivity contribution in [2.75, 3.05) is 0 Å². The van der Waals surface area contributed by atoms with Crippen LogP contribution >= 0.6 is 0 Å². The number of amides is 2. The summed E-state index contributed by atoms with van der Waals surface area (Å²) in [6.45, 7) is 1.66. The number of rotatable bonds is 9. The Balaban J connectivity index is 1.46. The van der Waals surface area contributed by atoms with Crippen molar-refractivity contribution in [3.8, 4) is 5.69 Å². The van der Waals surface area contributed by atoms with E-state index in [-0.39, 0.29) is 40.5 Å². The van der Waals surface area contributed by atoms with Gasteiger partial charge in [-0.1, -0.05) is 55.0 Å². The van der Waals surface area contributed by atoms with Crippen LogP contribution in [0.3, 0.4) is 0 Å². The van der Waals surface area contributed by atoms with E-state index in [1.54, 1.807) is 61.5 Å². The number of para-hydroxylation sites is 1. The van der Waals surface area contributed by atoms with E-state index in [9.17, 15) is 18.8 Å². The molecule has 6 nitrogen and oxygen atoms in total. The van der Waals surface area contributed by atoms with Gasteiger partial charge in [-0.25, -0.2) is 13.2 Å². The van der Waals surface area contributed by atoms with Crippen molar-refractivity contribution in [3.63, 3.8) is 0 Å². The summed E-state index contributed by atoms with van der Waals surface area (Å²) in [6.07, 6.45) is 4.03. The van der Waals surface area contributed by atoms with Crippen LogP contribution in [0.5, 0.6) is 0 Å². The number of benzene rings is 3. The lowest BCUT2D eigenvalue weighted by Crippen LogP contribution is -2.39. The number of halogens is 3. The summed E-state index contributed by atoms with van der Waals surface area (Å²) in [7, 11) is 0. The van der Waals surface area contributed by atoms with E-state index in [0.29, 0.717) is 28.1 Å². The van der Waals surface area contributed by atoms with Gasteiger partial charge in [0.25, 0.3) is 17.4 Å². The normalized spacial score (nSPS) is 18.7. The van der Waals surface area contributed by atoms with E-state index in [2.05, 4.69) is 5.32 Å². The highest BCUT2D eigenvalue weighted by Crippen LogP contribution is 2.54. The van der Waals surface area contributed by atoms with Gasteiger partial charge in [0.05, 0.1) is 22.7 Å². The van der Waals surface area contributed by atoms with Gasteiger partial charge in [0, 0.05) is 29.3 Å². The van der Waals surface area contributed by atoms with Crippen LogP contribution < -0.4 is 16.6 Å². The maximum atomic E-state index is 16.2. The van der Waals surface area contributed by atoms with E-state index in [1.807, 2.05) is 0 Å². The van der Waals surface area contributed by atoms with Crippen LogP contribution in [0, 0.1) is 30.4 Å². The Labute approximate surface area is 276 Å². The van der Waals surface area contributed by atoms with Crippen molar-refractivity contribution in [1.82, 2.24) is 9.88 Å². The van der Waals surface area contributed by atoms with Crippen molar-refractivity contribution >= 4 is 17.4 Å². The predicted octanol–water partition coefficient (Wildman–Crippen LogP) is 7.79. The topological polar surface area (TPSA) is 94.2 Å². The Kier molecular flexibility index (Phi) is 8.31. The molecular weight excluding hydrogens is 615 g/mol. The molecule has 0 aliphatic heterocycles. The van der Waals surface area contributed by atoms with Gasteiger partial charge in [-0.2, -0.15) is 0 Å². The van der Waals surface area contributed by atoms with E-state index < -0.39 is 47.1 Å². The minimum absolute atomic E-state index is 0.0389. The lowest BCUT2D eigenvalue weighted by Gasteiger charge is -2.36. The van der Waals surface area contributed by atoms with Crippen LogP contribution in [0.25, 0.3) is 11.3 Å². The standard InChI is InChI=1S/C39H36F3N3O3/c1-21-31(38(47)44-36(23-8-5-9-23)24-10-6-11-25(40)20-24)34-28(32(22-16-17-22)27-14-7-15-29(41)33(27)37(43)46)18-19-30(42)35(34)39(48)45(21)26-12-3-2-4-13-26/h2-4,6-7,10-15,18,20,22-23,30,32,36H,5,8-9,16-17,19H2,1H3,(H2,43,46)(H,44,47)/t30?,32-,36-/m0/s1. The maximum Gasteiger partial charge on any atom is 0.262 e. The molecule has 3 atom stereocenters. The highest BCUT2D eigenvalue weighted by Gasteiger charge is 2.43. The third kappa shape index (κ3) is 5.55. The van der Waals surface area contributed by atoms with Crippen LogP contribution in [0.1, 0.15) is 105 Å². The Morgan fingerprint density at radius 3 is 2.29 bits per heavy atom. The molecule has 7 rings (SSSR count). The number of nitrogens with one attached hydrogen (secondary N) is 1. The number of nitrogens with zero attached hydrogens (tertiary/aromatic N) is 1. The minimum Gasteiger partial charge on any atom is -0.365 e. The number of fused-ring (bicyclic) bond motifs is 1. The van der Waals surface area contributed by atoms with E-state index in [4.69, 9.17) is 5.73 Å². The summed E-state index contributed by atoms with van der Waals surface area (Å²) in [6, 6.07) is 18.7. The van der Waals surface area contributed by atoms with Crippen molar-refractivity contribution in [1.29, 1.82) is 0 Å². The largest absolute Gasteiger partial charge is 0.365 e. The van der Waals surface area contributed by atoms with Gasteiger partial charge in [0.2, 0.25) is 0 Å². The van der Waals surface area contributed by atoms with Crippen molar-refractivity contribution in [3.05, 3.63) is 140 Å². The molecule has 3 N–H and O–H groups in total. The Morgan fingerprint density at radius 2 is 1.65 bits per heavy atom. The Bertz CT molecular complexity index is 2010. The molecule has 0 radical (unpaired) electrons. The number of pyridine rings is 1. The fraction of sp³-hybridized carbons (Fsp3) is 0.308. The summed E-state index contributed by atoms with van der Waals surface area (Å²) < 4.78 is 47.2. The highest BCUT2D eigenvalue weighted by atomic mass is 19.1. The van der Waals surface area contributed by atoms with E-state index in [1.165, 1.54) is 28.8 Å². The molecule has 2 saturated carbocycles. The zero-order valence-electron chi connectivity index (χ0n) is 26.5. The average Bonchev–Trinajstić information content (AvgIpc) is 3.87. The van der Waals surface area contributed by atoms with Gasteiger partial charge in [-0.15, -0.1) is 0 Å². The lowest BCUT2D eigenvalue weighted by molar-refractivity contribution is 0.0897. The molecule has 1 aromatic heterocycles. The summed E-state index contributed by atoms with van der Waals surface area (Å²) in [4.78, 5) is 41.7. The molecule has 1 unspecified atom stereocenters. The third-order valence-electron chi connectivity index (χ3n) is 10.2. The molecule has 4 aromatic rings. The molecule has 3 aliphatic carbocycles. The second-order valence-electron chi connectivity index (χ2n) is 13.2. The first-order valence-corrected chi connectivity index (χ1v) is 16.5. The van der Waals surface area contributed by atoms with Gasteiger partial charge >= 0.3 is 0 Å². The van der Waals surface area contributed by atoms with Crippen molar-refractivity contribution < 1.29 is 22.8 Å². The lowest BCUT2D eigenvalue weighted by atomic mass is 9.74. The third-order valence-corrected chi connectivity index (χ3v) is 10.2. The molecule has 2 amide bonds. The molecule has 246 valence electrons. The average molecular weight is 652 g/mol. The van der Waals surface area contributed by atoms with Crippen molar-refractivity contribution in [2.45, 2.75) is 63.6 Å². The quantitative estimate of drug-likeness (QED) is 0.194. The second kappa shape index (κ2) is 12.6.